The fraction of sp³-hybridized carbons (Fsp3) is 0.750. The molecule has 4 nitrogen and oxygen atoms in total. The lowest BCUT2D eigenvalue weighted by molar-refractivity contribution is -0.144. The predicted molar refractivity (Wildman–Crippen MR) is 40.9 cm³/mol. The maximum atomic E-state index is 11.1. The van der Waals surface area contributed by atoms with Crippen LogP contribution in [-0.2, 0) is 14.3 Å². The van der Waals surface area contributed by atoms with Crippen LogP contribution in [0, 0.1) is 0 Å². The van der Waals surface area contributed by atoms with E-state index in [-0.39, 0.29) is 5.78 Å². The molecule has 1 fully saturated rings. The molecular weight excluding hydrogens is 160 g/mol. The Kier molecular flexibility index (Phi) is 3.22. The number of aliphatic carboxylic acids is 1. The average Bonchev–Trinajstić information content (AvgIpc) is 2.05. The second-order valence-electron chi connectivity index (χ2n) is 2.89. The molecule has 1 aliphatic rings. The third kappa shape index (κ3) is 2.62. The zero-order chi connectivity index (χ0) is 8.97. The second-order valence-corrected chi connectivity index (χ2v) is 2.89. The Hall–Kier alpha value is -0.900. The zero-order valence-corrected chi connectivity index (χ0v) is 6.78. The highest BCUT2D eigenvalue weighted by Crippen LogP contribution is 2.14. The number of hydrogen-bond donors (Lipinski definition) is 1. The maximum absolute atomic E-state index is 11.1. The molecule has 12 heavy (non-hydrogen) atoms. The minimum atomic E-state index is -1.07. The Morgan fingerprint density at radius 1 is 1.42 bits per heavy atom. The van der Waals surface area contributed by atoms with E-state index in [2.05, 4.69) is 0 Å². The van der Waals surface area contributed by atoms with Crippen molar-refractivity contribution in [2.24, 2.45) is 0 Å². The number of Topliss-reactive ketones (excluding diaryl/α,β-unsaturated/α-hetero) is 1. The van der Waals surface area contributed by atoms with Crippen LogP contribution in [0.2, 0.25) is 0 Å². The van der Waals surface area contributed by atoms with Gasteiger partial charge in [-0.25, -0.2) is 0 Å². The molecule has 1 saturated heterocycles. The Labute approximate surface area is 70.5 Å². The van der Waals surface area contributed by atoms with Gasteiger partial charge in [0.15, 0.2) is 5.78 Å². The number of carboxylic acids is 1. The molecule has 0 bridgehead atoms. The fourth-order valence-corrected chi connectivity index (χ4v) is 1.26. The molecule has 0 amide bonds. The molecule has 0 aromatic carbocycles. The standard InChI is InChI=1S/C8H12O4/c9-6(5-8(10)11)7-3-1-2-4-12-7/h7H,1-5H2,(H,10,11). The number of ether oxygens (including phenoxy) is 1. The van der Waals surface area contributed by atoms with E-state index in [0.717, 1.165) is 12.8 Å². The van der Waals surface area contributed by atoms with Crippen LogP contribution >= 0.6 is 0 Å². The molecule has 1 atom stereocenters. The van der Waals surface area contributed by atoms with E-state index in [9.17, 15) is 9.59 Å². The van der Waals surface area contributed by atoms with Gasteiger partial charge in [0.05, 0.1) is 0 Å². The van der Waals surface area contributed by atoms with Crippen LogP contribution in [0.1, 0.15) is 25.7 Å². The van der Waals surface area contributed by atoms with Gasteiger partial charge in [-0.1, -0.05) is 0 Å². The largest absolute Gasteiger partial charge is 0.481 e. The highest BCUT2D eigenvalue weighted by Gasteiger charge is 2.23. The van der Waals surface area contributed by atoms with Gasteiger partial charge < -0.3 is 9.84 Å². The van der Waals surface area contributed by atoms with Crippen molar-refractivity contribution in [2.45, 2.75) is 31.8 Å². The number of ketones is 1. The van der Waals surface area contributed by atoms with Crippen molar-refractivity contribution in [2.75, 3.05) is 6.61 Å². The van der Waals surface area contributed by atoms with Crippen LogP contribution in [0.3, 0.4) is 0 Å². The first-order valence-corrected chi connectivity index (χ1v) is 4.06. The van der Waals surface area contributed by atoms with Crippen molar-refractivity contribution in [3.63, 3.8) is 0 Å². The normalized spacial score (nSPS) is 23.5. The third-order valence-corrected chi connectivity index (χ3v) is 1.86. The first-order chi connectivity index (χ1) is 5.70. The van der Waals surface area contributed by atoms with Gasteiger partial charge in [-0.15, -0.1) is 0 Å². The topological polar surface area (TPSA) is 63.6 Å². The highest BCUT2D eigenvalue weighted by atomic mass is 16.5. The third-order valence-electron chi connectivity index (χ3n) is 1.86. The molecule has 1 heterocycles. The van der Waals surface area contributed by atoms with Crippen LogP contribution in [0.4, 0.5) is 0 Å². The van der Waals surface area contributed by atoms with Crippen molar-refractivity contribution in [3.8, 4) is 0 Å². The Bertz CT molecular complexity index is 181. The smallest absolute Gasteiger partial charge is 0.310 e. The van der Waals surface area contributed by atoms with Gasteiger partial charge in [-0.2, -0.15) is 0 Å². The van der Waals surface area contributed by atoms with Gasteiger partial charge >= 0.3 is 5.97 Å². The molecule has 1 aliphatic heterocycles. The molecule has 0 saturated carbocycles. The molecule has 68 valence electrons. The summed E-state index contributed by atoms with van der Waals surface area (Å²) < 4.78 is 5.13. The van der Waals surface area contributed by atoms with Crippen LogP contribution in [0.25, 0.3) is 0 Å². The minimum absolute atomic E-state index is 0.304. The predicted octanol–water partition coefficient (Wildman–Crippen LogP) is 0.599. The lowest BCUT2D eigenvalue weighted by atomic mass is 10.0. The van der Waals surface area contributed by atoms with E-state index in [1.165, 1.54) is 0 Å². The molecule has 0 radical (unpaired) electrons. The van der Waals surface area contributed by atoms with E-state index in [4.69, 9.17) is 9.84 Å². The SMILES string of the molecule is O=C(O)CC(=O)C1CCCCO1. The van der Waals surface area contributed by atoms with Gasteiger partial charge in [-0.05, 0) is 19.3 Å². The van der Waals surface area contributed by atoms with Crippen molar-refractivity contribution in [1.29, 1.82) is 0 Å². The summed E-state index contributed by atoms with van der Waals surface area (Å²) in [7, 11) is 0. The molecule has 1 N–H and O–H groups in total. The minimum Gasteiger partial charge on any atom is -0.481 e. The van der Waals surface area contributed by atoms with Crippen molar-refractivity contribution in [3.05, 3.63) is 0 Å². The molecule has 1 unspecified atom stereocenters. The summed E-state index contributed by atoms with van der Waals surface area (Å²) in [5.74, 6) is -1.38. The quantitative estimate of drug-likeness (QED) is 0.633. The Morgan fingerprint density at radius 3 is 2.67 bits per heavy atom. The van der Waals surface area contributed by atoms with Gasteiger partial charge in [0, 0.05) is 6.61 Å². The highest BCUT2D eigenvalue weighted by molar-refractivity contribution is 5.97. The summed E-state index contributed by atoms with van der Waals surface area (Å²) in [6.45, 7) is 0.579. The Morgan fingerprint density at radius 2 is 2.17 bits per heavy atom. The van der Waals surface area contributed by atoms with Gasteiger partial charge in [-0.3, -0.25) is 9.59 Å². The number of carboxylic acid groups (broad SMARTS) is 1. The molecule has 1 rings (SSSR count). The first-order valence-electron chi connectivity index (χ1n) is 4.06. The zero-order valence-electron chi connectivity index (χ0n) is 6.78. The van der Waals surface area contributed by atoms with E-state index in [1.54, 1.807) is 0 Å². The van der Waals surface area contributed by atoms with E-state index in [0.29, 0.717) is 13.0 Å². The molecule has 4 heteroatoms. The number of carbonyl (C=O) groups excluding carboxylic acids is 1. The fourth-order valence-electron chi connectivity index (χ4n) is 1.26. The molecule has 0 aliphatic carbocycles. The number of hydrogen-bond acceptors (Lipinski definition) is 3. The summed E-state index contributed by atoms with van der Waals surface area (Å²) in [4.78, 5) is 21.3. The van der Waals surface area contributed by atoms with Gasteiger partial charge in [0.25, 0.3) is 0 Å². The lowest BCUT2D eigenvalue weighted by Crippen LogP contribution is -2.29. The lowest BCUT2D eigenvalue weighted by Gasteiger charge is -2.20. The summed E-state index contributed by atoms with van der Waals surface area (Å²) in [5, 5.41) is 8.34. The van der Waals surface area contributed by atoms with Crippen molar-refractivity contribution in [1.82, 2.24) is 0 Å². The molecular formula is C8H12O4. The maximum Gasteiger partial charge on any atom is 0.310 e. The van der Waals surface area contributed by atoms with Crippen molar-refractivity contribution >= 4 is 11.8 Å². The summed E-state index contributed by atoms with van der Waals surface area (Å²) in [5.41, 5.74) is 0. The summed E-state index contributed by atoms with van der Waals surface area (Å²) in [6, 6.07) is 0. The van der Waals surface area contributed by atoms with Crippen molar-refractivity contribution < 1.29 is 19.4 Å². The first kappa shape index (κ1) is 9.19. The summed E-state index contributed by atoms with van der Waals surface area (Å²) in [6.07, 6.45) is 1.72. The molecule has 0 aromatic rings. The average molecular weight is 172 g/mol. The van der Waals surface area contributed by atoms with Crippen LogP contribution in [0.5, 0.6) is 0 Å². The Balaban J connectivity index is 2.34. The van der Waals surface area contributed by atoms with E-state index in [1.807, 2.05) is 0 Å². The molecule has 0 spiro atoms. The van der Waals surface area contributed by atoms with E-state index >= 15 is 0 Å². The van der Waals surface area contributed by atoms with Crippen LogP contribution in [0.15, 0.2) is 0 Å². The molecule has 0 aromatic heterocycles. The monoisotopic (exact) mass is 172 g/mol. The van der Waals surface area contributed by atoms with Crippen LogP contribution in [-0.4, -0.2) is 29.6 Å². The number of rotatable bonds is 3. The van der Waals surface area contributed by atoms with E-state index < -0.39 is 18.5 Å². The van der Waals surface area contributed by atoms with Gasteiger partial charge in [0.1, 0.15) is 12.5 Å². The number of carbonyl (C=O) groups is 2. The second kappa shape index (κ2) is 4.21. The van der Waals surface area contributed by atoms with Crippen LogP contribution < -0.4 is 0 Å². The van der Waals surface area contributed by atoms with Gasteiger partial charge in [0.2, 0.25) is 0 Å². The summed E-state index contributed by atoms with van der Waals surface area (Å²) >= 11 is 0.